The number of aliphatic hydroxyl groups excluding tert-OH is 2. The van der Waals surface area contributed by atoms with E-state index < -0.39 is 12.5 Å². The Labute approximate surface area is 221 Å². The van der Waals surface area contributed by atoms with Crippen molar-refractivity contribution in [2.24, 2.45) is 46.3 Å². The second-order valence-corrected chi connectivity index (χ2v) is 12.1. The molecular weight excluding hydrogens is 429 g/mol. The van der Waals surface area contributed by atoms with E-state index in [9.17, 15) is 24.9 Å². The summed E-state index contributed by atoms with van der Waals surface area (Å²) >= 11 is 0. The Morgan fingerprint density at radius 3 is 2.39 bits per heavy atom. The van der Waals surface area contributed by atoms with Crippen LogP contribution in [0.1, 0.15) is 85.0 Å². The van der Waals surface area contributed by atoms with E-state index in [4.69, 9.17) is 0 Å². The first-order valence-electron chi connectivity index (χ1n) is 12.9. The van der Waals surface area contributed by atoms with Crippen LogP contribution in [0.2, 0.25) is 0 Å². The summed E-state index contributed by atoms with van der Waals surface area (Å²) in [5.41, 5.74) is 0.436. The number of rotatable bonds is 6. The predicted molar refractivity (Wildman–Crippen MR) is 119 cm³/mol. The maximum absolute atomic E-state index is 12.0. The van der Waals surface area contributed by atoms with E-state index >= 15 is 0 Å². The summed E-state index contributed by atoms with van der Waals surface area (Å²) < 4.78 is 0. The second kappa shape index (κ2) is 10.5. The van der Waals surface area contributed by atoms with Gasteiger partial charge >= 0.3 is 29.6 Å². The number of aliphatic hydroxyl groups is 2. The van der Waals surface area contributed by atoms with Crippen LogP contribution in [-0.2, 0) is 9.59 Å². The zero-order valence-electron chi connectivity index (χ0n) is 21.0. The molecule has 6 nitrogen and oxygen atoms in total. The van der Waals surface area contributed by atoms with Crippen molar-refractivity contribution >= 4 is 11.9 Å². The molecule has 0 heterocycles. The molecule has 0 aromatic heterocycles. The van der Waals surface area contributed by atoms with Crippen molar-refractivity contribution in [3.05, 3.63) is 0 Å². The van der Waals surface area contributed by atoms with Gasteiger partial charge < -0.3 is 25.4 Å². The number of fused-ring (bicyclic) bond motifs is 5. The van der Waals surface area contributed by atoms with Crippen LogP contribution in [0.25, 0.3) is 0 Å². The standard InChI is InChI=1S/C26H43NO5.Na/c1-15(4-7-22(30)27-14-23(31)32)18-5-6-19-24-20(9-11-26(18,19)3)25(2)10-8-17(28)12-16(25)13-21(24)29;/h15-21,24,28-29H,4-14H2,1-3H3,(H,27,30)(H,31,32);/q;+1/p-1/t15-,16+,17-,18-,19+,20+,21?,24+,25+,26-;/m1./s1. The number of amides is 1. The molecule has 4 aliphatic carbocycles. The Balaban J connectivity index is 0.00000306. The molecule has 182 valence electrons. The fourth-order valence-corrected chi connectivity index (χ4v) is 8.99. The number of hydrogen-bond donors (Lipinski definition) is 3. The molecule has 4 aliphatic rings. The minimum Gasteiger partial charge on any atom is -0.548 e. The molecule has 0 bridgehead atoms. The summed E-state index contributed by atoms with van der Waals surface area (Å²) in [6, 6.07) is 0. The Bertz CT molecular complexity index is 733. The summed E-state index contributed by atoms with van der Waals surface area (Å²) in [6.45, 7) is 6.70. The molecule has 1 unspecified atom stereocenters. The average Bonchev–Trinajstić information content (AvgIpc) is 3.09. The Morgan fingerprint density at radius 1 is 1.03 bits per heavy atom. The maximum Gasteiger partial charge on any atom is 1.00 e. The molecule has 4 fully saturated rings. The van der Waals surface area contributed by atoms with Gasteiger partial charge in [-0.3, -0.25) is 4.79 Å². The van der Waals surface area contributed by atoms with E-state index in [0.717, 1.165) is 51.4 Å². The number of aliphatic carboxylic acids is 1. The summed E-state index contributed by atoms with van der Waals surface area (Å²) in [5, 5.41) is 34.5. The van der Waals surface area contributed by atoms with Gasteiger partial charge in [-0.05, 0) is 104 Å². The van der Waals surface area contributed by atoms with Crippen LogP contribution in [0.5, 0.6) is 0 Å². The van der Waals surface area contributed by atoms with Gasteiger partial charge in [-0.25, -0.2) is 0 Å². The molecule has 0 aromatic carbocycles. The maximum atomic E-state index is 12.0. The Kier molecular flexibility index (Phi) is 8.70. The molecule has 7 heteroatoms. The van der Waals surface area contributed by atoms with Gasteiger partial charge in [-0.1, -0.05) is 20.8 Å². The fourth-order valence-electron chi connectivity index (χ4n) is 8.99. The monoisotopic (exact) mass is 471 g/mol. The van der Waals surface area contributed by atoms with Crippen molar-refractivity contribution in [2.45, 2.75) is 97.2 Å². The number of carboxylic acids is 1. The van der Waals surface area contributed by atoms with Crippen LogP contribution in [-0.4, -0.2) is 40.8 Å². The molecule has 0 spiro atoms. The van der Waals surface area contributed by atoms with Crippen molar-refractivity contribution in [1.82, 2.24) is 5.32 Å². The third-order valence-corrected chi connectivity index (χ3v) is 10.7. The molecule has 10 atom stereocenters. The van der Waals surface area contributed by atoms with Crippen molar-refractivity contribution in [3.8, 4) is 0 Å². The topological polar surface area (TPSA) is 110 Å². The van der Waals surface area contributed by atoms with Crippen LogP contribution >= 0.6 is 0 Å². The predicted octanol–water partition coefficient (Wildman–Crippen LogP) is -0.737. The van der Waals surface area contributed by atoms with Gasteiger partial charge in [0.25, 0.3) is 0 Å². The first-order chi connectivity index (χ1) is 15.1. The number of carbonyl (C=O) groups is 2. The van der Waals surface area contributed by atoms with E-state index in [2.05, 4.69) is 26.1 Å². The van der Waals surface area contributed by atoms with Gasteiger partial charge in [-0.15, -0.1) is 0 Å². The molecule has 1 amide bonds. The number of carbonyl (C=O) groups excluding carboxylic acids is 2. The van der Waals surface area contributed by atoms with Gasteiger partial charge in [0.1, 0.15) is 0 Å². The molecule has 4 rings (SSSR count). The Morgan fingerprint density at radius 2 is 1.70 bits per heavy atom. The van der Waals surface area contributed by atoms with Crippen molar-refractivity contribution in [2.75, 3.05) is 6.54 Å². The van der Waals surface area contributed by atoms with Crippen LogP contribution < -0.4 is 40.0 Å². The van der Waals surface area contributed by atoms with Gasteiger partial charge in [0.05, 0.1) is 24.7 Å². The average molecular weight is 472 g/mol. The molecular formula is C26H42NNaO5. The van der Waals surface area contributed by atoms with Crippen LogP contribution in [0.15, 0.2) is 0 Å². The molecule has 33 heavy (non-hydrogen) atoms. The third kappa shape index (κ3) is 5.07. The normalized spacial score (nSPS) is 45.1. The fraction of sp³-hybridized carbons (Fsp3) is 0.923. The second-order valence-electron chi connectivity index (χ2n) is 12.1. The van der Waals surface area contributed by atoms with Crippen LogP contribution in [0.3, 0.4) is 0 Å². The first-order valence-corrected chi connectivity index (χ1v) is 12.9. The minimum atomic E-state index is -1.26. The SMILES string of the molecule is C[C@H](CCC(=O)NCC(=O)[O-])[C@H]1CC[C@H]2[C@@H]3C(O)C[C@@H]4C[C@H](O)CC[C@]4(C)[C@H]3CC[C@]12C.[Na+]. The smallest absolute Gasteiger partial charge is 0.548 e. The molecule has 4 saturated carbocycles. The number of hydrogen-bond acceptors (Lipinski definition) is 5. The van der Waals surface area contributed by atoms with Gasteiger partial charge in [0.2, 0.25) is 5.91 Å². The van der Waals surface area contributed by atoms with E-state index in [1.54, 1.807) is 0 Å². The van der Waals surface area contributed by atoms with E-state index in [0.29, 0.717) is 41.9 Å². The minimum absolute atomic E-state index is 0. The molecule has 0 aromatic rings. The quantitative estimate of drug-likeness (QED) is 0.442. The molecule has 3 N–H and O–H groups in total. The van der Waals surface area contributed by atoms with E-state index in [-0.39, 0.29) is 58.5 Å². The Hall–Kier alpha value is -0.140. The van der Waals surface area contributed by atoms with E-state index in [1.807, 2.05) is 0 Å². The molecule has 0 radical (unpaired) electrons. The van der Waals surface area contributed by atoms with Crippen molar-refractivity contribution in [3.63, 3.8) is 0 Å². The number of nitrogens with one attached hydrogen (secondary N) is 1. The summed E-state index contributed by atoms with van der Waals surface area (Å²) in [4.78, 5) is 22.6. The third-order valence-electron chi connectivity index (χ3n) is 10.7. The van der Waals surface area contributed by atoms with E-state index in [1.165, 1.54) is 6.42 Å². The number of carboxylic acid groups (broad SMARTS) is 1. The van der Waals surface area contributed by atoms with Crippen molar-refractivity contribution in [1.29, 1.82) is 0 Å². The molecule has 0 aliphatic heterocycles. The summed E-state index contributed by atoms with van der Waals surface area (Å²) in [7, 11) is 0. The molecule has 0 saturated heterocycles. The summed E-state index contributed by atoms with van der Waals surface area (Å²) in [5.74, 6) is 1.31. The van der Waals surface area contributed by atoms with Crippen molar-refractivity contribution < 1.29 is 54.5 Å². The summed E-state index contributed by atoms with van der Waals surface area (Å²) in [6.07, 6.45) is 8.95. The zero-order valence-corrected chi connectivity index (χ0v) is 23.0. The van der Waals surface area contributed by atoms with Gasteiger partial charge in [0.15, 0.2) is 0 Å². The van der Waals surface area contributed by atoms with Gasteiger partial charge in [-0.2, -0.15) is 0 Å². The van der Waals surface area contributed by atoms with Crippen LogP contribution in [0.4, 0.5) is 0 Å². The first kappa shape index (κ1) is 27.4. The van der Waals surface area contributed by atoms with Gasteiger partial charge in [0, 0.05) is 6.42 Å². The largest absolute Gasteiger partial charge is 1.00 e. The zero-order chi connectivity index (χ0) is 23.3. The van der Waals surface area contributed by atoms with Crippen LogP contribution in [0, 0.1) is 46.3 Å².